The maximum atomic E-state index is 12.2. The van der Waals surface area contributed by atoms with Crippen molar-refractivity contribution in [3.63, 3.8) is 0 Å². The molecule has 0 fully saturated rings. The van der Waals surface area contributed by atoms with Gasteiger partial charge >= 0.3 is 0 Å². The molecule has 24 heavy (non-hydrogen) atoms. The van der Waals surface area contributed by atoms with Gasteiger partial charge in [-0.2, -0.15) is 5.10 Å². The monoisotopic (exact) mass is 388 g/mol. The fourth-order valence-electron chi connectivity index (χ4n) is 2.06. The first-order valence-corrected chi connectivity index (χ1v) is 8.64. The summed E-state index contributed by atoms with van der Waals surface area (Å²) in [4.78, 5) is 12.2. The van der Waals surface area contributed by atoms with Crippen LogP contribution in [0.4, 0.5) is 0 Å². The first-order valence-electron chi connectivity index (χ1n) is 7.85. The minimum absolute atomic E-state index is 0.245. The first-order chi connectivity index (χ1) is 11.5. The molecule has 2 aromatic rings. The van der Waals surface area contributed by atoms with Crippen LogP contribution in [0.25, 0.3) is 0 Å². The van der Waals surface area contributed by atoms with Crippen LogP contribution < -0.4 is 10.2 Å². The number of carbonyl (C=O) groups excluding carboxylic acids is 1. The Morgan fingerprint density at radius 2 is 1.83 bits per heavy atom. The number of ether oxygens (including phenoxy) is 1. The highest BCUT2D eigenvalue weighted by molar-refractivity contribution is 9.10. The van der Waals surface area contributed by atoms with Crippen LogP contribution in [0.3, 0.4) is 0 Å². The Labute approximate surface area is 151 Å². The minimum Gasteiger partial charge on any atom is -0.494 e. The van der Waals surface area contributed by atoms with Gasteiger partial charge in [0.1, 0.15) is 5.75 Å². The highest BCUT2D eigenvalue weighted by atomic mass is 79.9. The van der Waals surface area contributed by atoms with Crippen LogP contribution in [0.1, 0.15) is 41.8 Å². The zero-order valence-electron chi connectivity index (χ0n) is 14.1. The van der Waals surface area contributed by atoms with Gasteiger partial charge in [-0.3, -0.25) is 4.79 Å². The van der Waals surface area contributed by atoms with E-state index in [1.807, 2.05) is 32.0 Å². The summed E-state index contributed by atoms with van der Waals surface area (Å²) in [5.74, 6) is 0.517. The third kappa shape index (κ3) is 4.93. The van der Waals surface area contributed by atoms with Gasteiger partial charge in [0.05, 0.1) is 12.3 Å². The Bertz CT molecular complexity index is 740. The van der Waals surface area contributed by atoms with E-state index in [1.54, 1.807) is 24.3 Å². The molecule has 0 radical (unpaired) electrons. The van der Waals surface area contributed by atoms with Crippen molar-refractivity contribution in [2.45, 2.75) is 27.2 Å². The summed E-state index contributed by atoms with van der Waals surface area (Å²) in [6, 6.07) is 13.0. The van der Waals surface area contributed by atoms with E-state index >= 15 is 0 Å². The maximum absolute atomic E-state index is 12.2. The standard InChI is InChI=1S/C19H21BrN2O2/c1-4-11-24-17-8-5-15(6-9-17)19(23)22-21-14(3)16-7-10-18(20)13(2)12-16/h5-10,12H,4,11H2,1-3H3,(H,22,23)/b21-14-. The van der Waals surface area contributed by atoms with E-state index in [1.165, 1.54) is 0 Å². The number of halogens is 1. The topological polar surface area (TPSA) is 50.7 Å². The molecule has 1 amide bonds. The van der Waals surface area contributed by atoms with Crippen LogP contribution in [0, 0.1) is 6.92 Å². The lowest BCUT2D eigenvalue weighted by atomic mass is 10.1. The number of amides is 1. The van der Waals surface area contributed by atoms with Gasteiger partial charge in [0.15, 0.2) is 0 Å². The molecule has 5 heteroatoms. The third-order valence-corrected chi connectivity index (χ3v) is 4.38. The molecular weight excluding hydrogens is 368 g/mol. The van der Waals surface area contributed by atoms with Crippen LogP contribution >= 0.6 is 15.9 Å². The number of nitrogens with zero attached hydrogens (tertiary/aromatic N) is 1. The summed E-state index contributed by atoms with van der Waals surface area (Å²) in [5.41, 5.74) is 5.98. The highest BCUT2D eigenvalue weighted by Crippen LogP contribution is 2.17. The van der Waals surface area contributed by atoms with E-state index in [4.69, 9.17) is 4.74 Å². The number of carbonyl (C=O) groups is 1. The maximum Gasteiger partial charge on any atom is 0.271 e. The van der Waals surface area contributed by atoms with Crippen molar-refractivity contribution in [1.29, 1.82) is 0 Å². The predicted molar refractivity (Wildman–Crippen MR) is 101 cm³/mol. The van der Waals surface area contributed by atoms with E-state index in [0.29, 0.717) is 12.2 Å². The van der Waals surface area contributed by atoms with E-state index in [9.17, 15) is 4.79 Å². The van der Waals surface area contributed by atoms with Gasteiger partial charge in [-0.05, 0) is 67.8 Å². The Balaban J connectivity index is 2.01. The summed E-state index contributed by atoms with van der Waals surface area (Å²) in [7, 11) is 0. The highest BCUT2D eigenvalue weighted by Gasteiger charge is 2.06. The van der Waals surface area contributed by atoms with Gasteiger partial charge < -0.3 is 4.74 Å². The van der Waals surface area contributed by atoms with Crippen LogP contribution in [-0.2, 0) is 0 Å². The van der Waals surface area contributed by atoms with Gasteiger partial charge in [-0.15, -0.1) is 0 Å². The average molecular weight is 389 g/mol. The summed E-state index contributed by atoms with van der Waals surface area (Å²) < 4.78 is 6.55. The van der Waals surface area contributed by atoms with Crippen LogP contribution in [0.5, 0.6) is 5.75 Å². The number of hydrazone groups is 1. The van der Waals surface area contributed by atoms with E-state index in [0.717, 1.165) is 33.5 Å². The molecule has 0 saturated heterocycles. The molecule has 1 N–H and O–H groups in total. The minimum atomic E-state index is -0.245. The quantitative estimate of drug-likeness (QED) is 0.575. The van der Waals surface area contributed by atoms with Crippen molar-refractivity contribution in [3.05, 3.63) is 63.6 Å². The molecule has 0 unspecified atom stereocenters. The molecular formula is C19H21BrN2O2. The molecule has 126 valence electrons. The van der Waals surface area contributed by atoms with Crippen molar-refractivity contribution in [2.24, 2.45) is 5.10 Å². The van der Waals surface area contributed by atoms with Gasteiger partial charge in [-0.25, -0.2) is 5.43 Å². The van der Waals surface area contributed by atoms with E-state index in [-0.39, 0.29) is 5.91 Å². The molecule has 0 spiro atoms. The molecule has 0 aromatic heterocycles. The lowest BCUT2D eigenvalue weighted by Crippen LogP contribution is -2.19. The number of aryl methyl sites for hydroxylation is 1. The fraction of sp³-hybridized carbons (Fsp3) is 0.263. The molecule has 2 rings (SSSR count). The second kappa shape index (κ2) is 8.64. The number of nitrogens with one attached hydrogen (secondary N) is 1. The van der Waals surface area contributed by atoms with Crippen LogP contribution in [0.15, 0.2) is 52.0 Å². The zero-order valence-corrected chi connectivity index (χ0v) is 15.7. The molecule has 0 aliphatic rings. The first kappa shape index (κ1) is 18.2. The number of benzene rings is 2. The van der Waals surface area contributed by atoms with Crippen molar-refractivity contribution >= 4 is 27.5 Å². The Morgan fingerprint density at radius 1 is 1.17 bits per heavy atom. The molecule has 2 aromatic carbocycles. The van der Waals surface area contributed by atoms with Crippen molar-refractivity contribution in [3.8, 4) is 5.75 Å². The number of hydrogen-bond acceptors (Lipinski definition) is 3. The van der Waals surface area contributed by atoms with Gasteiger partial charge in [0.2, 0.25) is 0 Å². The SMILES string of the molecule is CCCOc1ccc(C(=O)N/N=C(/C)c2ccc(Br)c(C)c2)cc1. The van der Waals surface area contributed by atoms with Crippen LogP contribution in [0.2, 0.25) is 0 Å². The van der Waals surface area contributed by atoms with Gasteiger partial charge in [0.25, 0.3) is 5.91 Å². The van der Waals surface area contributed by atoms with E-state index < -0.39 is 0 Å². The molecule has 0 heterocycles. The fourth-order valence-corrected chi connectivity index (χ4v) is 2.30. The van der Waals surface area contributed by atoms with Gasteiger partial charge in [0, 0.05) is 10.0 Å². The van der Waals surface area contributed by atoms with Crippen molar-refractivity contribution in [1.82, 2.24) is 5.43 Å². The zero-order chi connectivity index (χ0) is 17.5. The Hall–Kier alpha value is -2.14. The van der Waals surface area contributed by atoms with Crippen LogP contribution in [-0.4, -0.2) is 18.2 Å². The van der Waals surface area contributed by atoms with Gasteiger partial charge in [-0.1, -0.05) is 28.9 Å². The lowest BCUT2D eigenvalue weighted by molar-refractivity contribution is 0.0955. The number of rotatable bonds is 6. The third-order valence-electron chi connectivity index (χ3n) is 3.49. The Morgan fingerprint density at radius 3 is 2.46 bits per heavy atom. The second-order valence-electron chi connectivity index (χ2n) is 5.47. The largest absolute Gasteiger partial charge is 0.494 e. The smallest absolute Gasteiger partial charge is 0.271 e. The summed E-state index contributed by atoms with van der Waals surface area (Å²) in [6.07, 6.45) is 0.950. The summed E-state index contributed by atoms with van der Waals surface area (Å²) in [6.45, 7) is 6.60. The van der Waals surface area contributed by atoms with E-state index in [2.05, 4.69) is 33.4 Å². The van der Waals surface area contributed by atoms with Crippen molar-refractivity contribution < 1.29 is 9.53 Å². The molecule has 0 aliphatic carbocycles. The lowest BCUT2D eigenvalue weighted by Gasteiger charge is -2.07. The molecule has 4 nitrogen and oxygen atoms in total. The molecule has 0 atom stereocenters. The second-order valence-corrected chi connectivity index (χ2v) is 6.33. The number of hydrogen-bond donors (Lipinski definition) is 1. The normalized spacial score (nSPS) is 11.2. The summed E-state index contributed by atoms with van der Waals surface area (Å²) in [5, 5.41) is 4.18. The van der Waals surface area contributed by atoms with Crippen molar-refractivity contribution in [2.75, 3.05) is 6.61 Å². The Kier molecular flexibility index (Phi) is 6.55. The molecule has 0 aliphatic heterocycles. The average Bonchev–Trinajstić information content (AvgIpc) is 2.60. The summed E-state index contributed by atoms with van der Waals surface area (Å²) >= 11 is 3.47. The molecule has 0 bridgehead atoms. The molecule has 0 saturated carbocycles. The predicted octanol–water partition coefficient (Wildman–Crippen LogP) is 4.70.